The number of nitrogens with zero attached hydrogens (tertiary/aromatic N) is 1. The van der Waals surface area contributed by atoms with E-state index in [1.165, 1.54) is 6.07 Å². The molecule has 0 spiro atoms. The molecule has 0 amide bonds. The van der Waals surface area contributed by atoms with Gasteiger partial charge in [-0.25, -0.2) is 0 Å². The molecule has 0 atom stereocenters. The van der Waals surface area contributed by atoms with Gasteiger partial charge in [-0.1, -0.05) is 0 Å². The second kappa shape index (κ2) is 3.79. The van der Waals surface area contributed by atoms with Crippen molar-refractivity contribution in [2.45, 2.75) is 18.3 Å². The van der Waals surface area contributed by atoms with E-state index in [1.807, 2.05) is 7.05 Å². The van der Waals surface area contributed by atoms with Gasteiger partial charge >= 0.3 is 5.97 Å². The van der Waals surface area contributed by atoms with Gasteiger partial charge in [-0.3, -0.25) is 9.59 Å². The van der Waals surface area contributed by atoms with Crippen molar-refractivity contribution >= 4 is 5.97 Å². The fourth-order valence-corrected chi connectivity index (χ4v) is 2.08. The minimum Gasteiger partial charge on any atom is -0.480 e. The van der Waals surface area contributed by atoms with Gasteiger partial charge < -0.3 is 14.5 Å². The summed E-state index contributed by atoms with van der Waals surface area (Å²) in [7, 11) is 1.94. The highest BCUT2D eigenvalue weighted by Gasteiger charge is 2.45. The lowest BCUT2D eigenvalue weighted by molar-refractivity contribution is -0.146. The van der Waals surface area contributed by atoms with E-state index in [2.05, 4.69) is 10.1 Å². The van der Waals surface area contributed by atoms with Crippen LogP contribution in [0.3, 0.4) is 0 Å². The molecule has 1 fully saturated rings. The van der Waals surface area contributed by atoms with E-state index in [-0.39, 0.29) is 5.76 Å². The van der Waals surface area contributed by atoms with Crippen molar-refractivity contribution in [1.29, 1.82) is 0 Å². The number of carbonyl (C=O) groups is 1. The quantitative estimate of drug-likeness (QED) is 0.742. The van der Waals surface area contributed by atoms with Crippen LogP contribution in [0.4, 0.5) is 0 Å². The molecular weight excluding hydrogens is 212 g/mol. The first-order valence-electron chi connectivity index (χ1n) is 5.15. The van der Waals surface area contributed by atoms with Crippen LogP contribution in [0.2, 0.25) is 0 Å². The highest BCUT2D eigenvalue weighted by Crippen LogP contribution is 2.34. The second-order valence-electron chi connectivity index (χ2n) is 4.27. The first kappa shape index (κ1) is 10.9. The number of likely N-dealkylation sites (tertiary alicyclic amines) is 1. The van der Waals surface area contributed by atoms with Gasteiger partial charge in [0.25, 0.3) is 5.56 Å². The molecule has 6 nitrogen and oxygen atoms in total. The predicted octanol–water partition coefficient (Wildman–Crippen LogP) is 0.0159. The average molecular weight is 226 g/mol. The number of hydrogen-bond donors (Lipinski definition) is 2. The van der Waals surface area contributed by atoms with E-state index >= 15 is 0 Å². The van der Waals surface area contributed by atoms with Gasteiger partial charge in [-0.05, 0) is 33.0 Å². The molecule has 1 aliphatic rings. The van der Waals surface area contributed by atoms with Crippen LogP contribution in [0, 0.1) is 0 Å². The number of hydrogen-bond acceptors (Lipinski definition) is 4. The molecule has 0 aliphatic carbocycles. The van der Waals surface area contributed by atoms with Gasteiger partial charge in [-0.2, -0.15) is 5.16 Å². The molecule has 0 aromatic carbocycles. The SMILES string of the molecule is CN1CCC(C(=O)O)(c2cc(=O)[nH]o2)CC1. The number of H-pyrrole nitrogens is 1. The van der Waals surface area contributed by atoms with Crippen LogP contribution in [0.25, 0.3) is 0 Å². The third-order valence-electron chi connectivity index (χ3n) is 3.25. The number of piperidine rings is 1. The molecule has 0 saturated carbocycles. The maximum absolute atomic E-state index is 11.4. The summed E-state index contributed by atoms with van der Waals surface area (Å²) in [5.41, 5.74) is -1.44. The van der Waals surface area contributed by atoms with Gasteiger partial charge in [0, 0.05) is 6.07 Å². The molecule has 6 heteroatoms. The summed E-state index contributed by atoms with van der Waals surface area (Å²) in [4.78, 5) is 24.5. The zero-order chi connectivity index (χ0) is 11.8. The zero-order valence-corrected chi connectivity index (χ0v) is 9.02. The Labute approximate surface area is 91.8 Å². The summed E-state index contributed by atoms with van der Waals surface area (Å²) in [6.07, 6.45) is 0.916. The van der Waals surface area contributed by atoms with Crippen LogP contribution >= 0.6 is 0 Å². The predicted molar refractivity (Wildman–Crippen MR) is 55.4 cm³/mol. The number of carboxylic acids is 1. The van der Waals surface area contributed by atoms with Crippen molar-refractivity contribution in [2.24, 2.45) is 0 Å². The molecule has 16 heavy (non-hydrogen) atoms. The molecule has 2 N–H and O–H groups in total. The standard InChI is InChI=1S/C10H14N2O4/c1-12-4-2-10(3-5-12,9(14)15)7-6-8(13)11-16-7/h6H,2-5H2,1H3,(H,11,13)(H,14,15). The number of aliphatic carboxylic acids is 1. The van der Waals surface area contributed by atoms with Crippen molar-refractivity contribution in [3.63, 3.8) is 0 Å². The fourth-order valence-electron chi connectivity index (χ4n) is 2.08. The van der Waals surface area contributed by atoms with Gasteiger partial charge in [0.05, 0.1) is 0 Å². The number of aromatic nitrogens is 1. The normalized spacial score (nSPS) is 20.8. The molecule has 1 aromatic heterocycles. The van der Waals surface area contributed by atoms with Gasteiger partial charge in [0.1, 0.15) is 5.41 Å². The van der Waals surface area contributed by atoms with Crippen molar-refractivity contribution in [3.8, 4) is 0 Å². The monoisotopic (exact) mass is 226 g/mol. The number of aromatic amines is 1. The molecule has 0 radical (unpaired) electrons. The molecule has 88 valence electrons. The van der Waals surface area contributed by atoms with Crippen molar-refractivity contribution < 1.29 is 14.4 Å². The maximum atomic E-state index is 11.4. The Hall–Kier alpha value is -1.56. The van der Waals surface area contributed by atoms with Gasteiger partial charge in [-0.15, -0.1) is 0 Å². The maximum Gasteiger partial charge on any atom is 0.317 e. The van der Waals surface area contributed by atoms with Crippen molar-refractivity contribution in [1.82, 2.24) is 10.1 Å². The first-order chi connectivity index (χ1) is 7.54. The summed E-state index contributed by atoms with van der Waals surface area (Å²) in [6.45, 7) is 1.36. The third kappa shape index (κ3) is 1.65. The topological polar surface area (TPSA) is 86.5 Å². The lowest BCUT2D eigenvalue weighted by Crippen LogP contribution is -2.46. The van der Waals surface area contributed by atoms with Crippen LogP contribution in [-0.2, 0) is 10.2 Å². The lowest BCUT2D eigenvalue weighted by Gasteiger charge is -2.35. The van der Waals surface area contributed by atoms with Crippen LogP contribution in [0.15, 0.2) is 15.4 Å². The highest BCUT2D eigenvalue weighted by molar-refractivity contribution is 5.80. The zero-order valence-electron chi connectivity index (χ0n) is 9.02. The van der Waals surface area contributed by atoms with Crippen LogP contribution in [0.5, 0.6) is 0 Å². The summed E-state index contributed by atoms with van der Waals surface area (Å²) in [5.74, 6) is -0.693. The van der Waals surface area contributed by atoms with Crippen LogP contribution in [-0.4, -0.2) is 41.3 Å². The summed E-state index contributed by atoms with van der Waals surface area (Å²) >= 11 is 0. The smallest absolute Gasteiger partial charge is 0.317 e. The lowest BCUT2D eigenvalue weighted by atomic mass is 9.76. The van der Waals surface area contributed by atoms with Gasteiger partial charge in [0.15, 0.2) is 5.76 Å². The van der Waals surface area contributed by atoms with E-state index in [4.69, 9.17) is 4.52 Å². The van der Waals surface area contributed by atoms with E-state index in [9.17, 15) is 14.7 Å². The Morgan fingerprint density at radius 1 is 1.56 bits per heavy atom. The number of rotatable bonds is 2. The van der Waals surface area contributed by atoms with Gasteiger partial charge in [0.2, 0.25) is 0 Å². The highest BCUT2D eigenvalue weighted by atomic mass is 16.5. The van der Waals surface area contributed by atoms with E-state index < -0.39 is 16.9 Å². The summed E-state index contributed by atoms with van der Waals surface area (Å²) in [5, 5.41) is 11.5. The Morgan fingerprint density at radius 2 is 2.19 bits per heavy atom. The Bertz CT molecular complexity index is 440. The minimum absolute atomic E-state index is 0.234. The fraction of sp³-hybridized carbons (Fsp3) is 0.600. The van der Waals surface area contributed by atoms with Crippen molar-refractivity contribution in [2.75, 3.05) is 20.1 Å². The molecule has 1 saturated heterocycles. The molecule has 2 rings (SSSR count). The largest absolute Gasteiger partial charge is 0.480 e. The Balaban J connectivity index is 2.37. The summed E-state index contributed by atoms with van der Waals surface area (Å²) < 4.78 is 4.97. The second-order valence-corrected chi connectivity index (χ2v) is 4.27. The number of carboxylic acid groups (broad SMARTS) is 1. The first-order valence-corrected chi connectivity index (χ1v) is 5.15. The molecule has 1 aromatic rings. The Kier molecular flexibility index (Phi) is 2.59. The average Bonchev–Trinajstić information content (AvgIpc) is 2.66. The molecule has 0 unspecified atom stereocenters. The molecule has 1 aliphatic heterocycles. The van der Waals surface area contributed by atoms with E-state index in [1.54, 1.807) is 0 Å². The van der Waals surface area contributed by atoms with Crippen LogP contribution < -0.4 is 5.56 Å². The van der Waals surface area contributed by atoms with Crippen LogP contribution in [0.1, 0.15) is 18.6 Å². The molecular formula is C10H14N2O4. The van der Waals surface area contributed by atoms with E-state index in [0.29, 0.717) is 25.9 Å². The Morgan fingerprint density at radius 3 is 2.62 bits per heavy atom. The minimum atomic E-state index is -1.05. The molecule has 0 bridgehead atoms. The third-order valence-corrected chi connectivity index (χ3v) is 3.25. The van der Waals surface area contributed by atoms with E-state index in [0.717, 1.165) is 0 Å². The summed E-state index contributed by atoms with van der Waals surface area (Å²) in [6, 6.07) is 1.24. The molecule has 2 heterocycles. The number of nitrogens with one attached hydrogen (secondary N) is 1. The van der Waals surface area contributed by atoms with Crippen molar-refractivity contribution in [3.05, 3.63) is 22.2 Å².